The van der Waals surface area contributed by atoms with Crippen LogP contribution in [0.2, 0.25) is 10.0 Å². The van der Waals surface area contributed by atoms with Crippen LogP contribution in [0.25, 0.3) is 17.3 Å². The molecule has 0 spiro atoms. The van der Waals surface area contributed by atoms with Gasteiger partial charge in [0.15, 0.2) is 0 Å². The zero-order valence-corrected chi connectivity index (χ0v) is 23.0. The van der Waals surface area contributed by atoms with Crippen LogP contribution in [-0.2, 0) is 0 Å². The monoisotopic (exact) mass is 556 g/mol. The molecule has 2 fully saturated rings. The maximum Gasteiger partial charge on any atom is 0.228 e. The number of halogens is 3. The summed E-state index contributed by atoms with van der Waals surface area (Å²) in [5.74, 6) is 1.82. The van der Waals surface area contributed by atoms with Gasteiger partial charge >= 0.3 is 0 Å². The Morgan fingerprint density at radius 1 is 1.03 bits per heavy atom. The van der Waals surface area contributed by atoms with E-state index in [-0.39, 0.29) is 17.7 Å². The van der Waals surface area contributed by atoms with Gasteiger partial charge in [-0.25, -0.2) is 14.4 Å². The van der Waals surface area contributed by atoms with Gasteiger partial charge in [0.2, 0.25) is 5.95 Å². The van der Waals surface area contributed by atoms with E-state index in [4.69, 9.17) is 38.3 Å². The summed E-state index contributed by atoms with van der Waals surface area (Å²) >= 11 is 12.7. The van der Waals surface area contributed by atoms with E-state index in [0.29, 0.717) is 17.0 Å². The van der Waals surface area contributed by atoms with E-state index in [1.807, 2.05) is 12.1 Å². The highest BCUT2D eigenvalue weighted by molar-refractivity contribution is 6.33. The lowest BCUT2D eigenvalue weighted by Crippen LogP contribution is -2.52. The molecule has 200 valence electrons. The second-order valence-electron chi connectivity index (χ2n) is 9.87. The third-order valence-corrected chi connectivity index (χ3v) is 7.77. The molecule has 0 amide bonds. The molecule has 1 aromatic carbocycles. The van der Waals surface area contributed by atoms with Crippen LogP contribution < -0.4 is 14.7 Å². The van der Waals surface area contributed by atoms with Crippen molar-refractivity contribution in [3.63, 3.8) is 0 Å². The number of aliphatic hydroxyl groups excluding tert-OH is 1. The van der Waals surface area contributed by atoms with E-state index in [2.05, 4.69) is 33.5 Å². The highest BCUT2D eigenvalue weighted by Gasteiger charge is 2.29. The number of nitrogens with zero attached hydrogens (tertiary/aromatic N) is 6. The van der Waals surface area contributed by atoms with Crippen molar-refractivity contribution in [3.8, 4) is 11.3 Å². The minimum atomic E-state index is -0.451. The average Bonchev–Trinajstić information content (AvgIpc) is 3.34. The summed E-state index contributed by atoms with van der Waals surface area (Å²) in [6.07, 6.45) is 7.41. The molecule has 0 aliphatic carbocycles. The van der Waals surface area contributed by atoms with E-state index >= 15 is 0 Å². The second kappa shape index (κ2) is 11.4. The van der Waals surface area contributed by atoms with Crippen molar-refractivity contribution in [2.24, 2.45) is 0 Å². The van der Waals surface area contributed by atoms with Gasteiger partial charge in [0, 0.05) is 56.1 Å². The number of pyridine rings is 1. The predicted molar refractivity (Wildman–Crippen MR) is 153 cm³/mol. The topological polar surface area (TPSA) is 68.6 Å². The Morgan fingerprint density at radius 2 is 1.87 bits per heavy atom. The van der Waals surface area contributed by atoms with Crippen LogP contribution in [0.5, 0.6) is 0 Å². The maximum absolute atomic E-state index is 13.9. The van der Waals surface area contributed by atoms with E-state index in [9.17, 15) is 4.39 Å². The van der Waals surface area contributed by atoms with E-state index < -0.39 is 5.82 Å². The van der Waals surface area contributed by atoms with Gasteiger partial charge in [-0.1, -0.05) is 35.4 Å². The van der Waals surface area contributed by atoms with Crippen molar-refractivity contribution in [1.29, 1.82) is 0 Å². The summed E-state index contributed by atoms with van der Waals surface area (Å²) in [6.45, 7) is 7.39. The third-order valence-electron chi connectivity index (χ3n) is 7.21. The molecule has 7 nitrogen and oxygen atoms in total. The number of aromatic nitrogens is 3. The van der Waals surface area contributed by atoms with Gasteiger partial charge < -0.3 is 19.8 Å². The first kappa shape index (κ1) is 26.7. The Hall–Kier alpha value is -2.94. The highest BCUT2D eigenvalue weighted by atomic mass is 35.5. The summed E-state index contributed by atoms with van der Waals surface area (Å²) in [5, 5.41) is 9.66. The SMILES string of the molecule is CC1CN(c2ncc(/C=C/CO)cc2Cl)CCN1c1cc(-c2ccc(F)c(Cl)c2)nc(N2CCCC2C)n1. The van der Waals surface area contributed by atoms with Crippen molar-refractivity contribution < 1.29 is 9.50 Å². The second-order valence-corrected chi connectivity index (χ2v) is 10.7. The Kier molecular flexibility index (Phi) is 8.02. The van der Waals surface area contributed by atoms with E-state index in [1.54, 1.807) is 30.5 Å². The molecule has 38 heavy (non-hydrogen) atoms. The lowest BCUT2D eigenvalue weighted by atomic mass is 10.1. The maximum atomic E-state index is 13.9. The summed E-state index contributed by atoms with van der Waals surface area (Å²) in [5.41, 5.74) is 2.32. The van der Waals surface area contributed by atoms with Crippen molar-refractivity contribution in [3.05, 3.63) is 64.0 Å². The van der Waals surface area contributed by atoms with Crippen LogP contribution in [-0.4, -0.2) is 64.9 Å². The number of benzene rings is 1. The van der Waals surface area contributed by atoms with E-state index in [0.717, 1.165) is 67.5 Å². The molecule has 2 aliphatic heterocycles. The number of aliphatic hydroxyl groups is 1. The lowest BCUT2D eigenvalue weighted by molar-refractivity contribution is 0.343. The molecule has 10 heteroatoms. The fraction of sp³-hybridized carbons (Fsp3) is 0.393. The number of hydrogen-bond donors (Lipinski definition) is 1. The van der Waals surface area contributed by atoms with Gasteiger partial charge in [0.05, 0.1) is 22.3 Å². The first-order valence-corrected chi connectivity index (χ1v) is 13.7. The zero-order chi connectivity index (χ0) is 26.8. The first-order chi connectivity index (χ1) is 18.3. The molecule has 2 aliphatic rings. The van der Waals surface area contributed by atoms with Gasteiger partial charge in [0.25, 0.3) is 0 Å². The van der Waals surface area contributed by atoms with Crippen LogP contribution in [0, 0.1) is 5.82 Å². The molecular formula is C28H31Cl2FN6O. The Balaban J connectivity index is 1.43. The molecule has 0 radical (unpaired) electrons. The fourth-order valence-corrected chi connectivity index (χ4v) is 5.65. The molecule has 2 saturated heterocycles. The molecule has 5 rings (SSSR count). The van der Waals surface area contributed by atoms with Gasteiger partial charge in [-0.3, -0.25) is 0 Å². The van der Waals surface area contributed by atoms with Gasteiger partial charge in [0.1, 0.15) is 17.5 Å². The normalized spacial score (nSPS) is 20.1. The first-order valence-electron chi connectivity index (χ1n) is 12.9. The number of rotatable bonds is 6. The van der Waals surface area contributed by atoms with Crippen molar-refractivity contribution in [1.82, 2.24) is 15.0 Å². The Labute approximate surface area is 232 Å². The molecule has 3 aromatic rings. The van der Waals surface area contributed by atoms with E-state index in [1.165, 1.54) is 6.07 Å². The standard InChI is InChI=1S/C28H31Cl2FN6O/c1-18-5-3-9-37(18)28-33-25(21-7-8-24(31)22(29)14-21)15-26(34-28)36-11-10-35(17-19(36)2)27-23(30)13-20(16-32-27)6-4-12-38/h4,6-8,13-16,18-19,38H,3,5,9-12,17H2,1-2H3/b6-4+. The molecule has 2 atom stereocenters. The Morgan fingerprint density at radius 3 is 2.55 bits per heavy atom. The van der Waals surface area contributed by atoms with Crippen molar-refractivity contribution in [2.45, 2.75) is 38.8 Å². The minimum absolute atomic E-state index is 0.0316. The van der Waals surface area contributed by atoms with Gasteiger partial charge in [-0.15, -0.1) is 0 Å². The van der Waals surface area contributed by atoms with Gasteiger partial charge in [-0.2, -0.15) is 4.98 Å². The number of hydrogen-bond acceptors (Lipinski definition) is 7. The van der Waals surface area contributed by atoms with Crippen LogP contribution >= 0.6 is 23.2 Å². The summed E-state index contributed by atoms with van der Waals surface area (Å²) < 4.78 is 13.9. The molecule has 2 aromatic heterocycles. The number of piperazine rings is 1. The summed E-state index contributed by atoms with van der Waals surface area (Å²) in [7, 11) is 0. The van der Waals surface area contributed by atoms with Crippen molar-refractivity contribution in [2.75, 3.05) is 47.5 Å². The molecular weight excluding hydrogens is 526 g/mol. The largest absolute Gasteiger partial charge is 0.392 e. The third kappa shape index (κ3) is 5.58. The van der Waals surface area contributed by atoms with Crippen LogP contribution in [0.1, 0.15) is 32.3 Å². The van der Waals surface area contributed by atoms with Gasteiger partial charge in [-0.05, 0) is 56.5 Å². The smallest absolute Gasteiger partial charge is 0.228 e. The lowest BCUT2D eigenvalue weighted by Gasteiger charge is -2.41. The molecule has 2 unspecified atom stereocenters. The average molecular weight is 558 g/mol. The van der Waals surface area contributed by atoms with Crippen LogP contribution in [0.3, 0.4) is 0 Å². The molecule has 4 heterocycles. The molecule has 1 N–H and O–H groups in total. The van der Waals surface area contributed by atoms with Crippen LogP contribution in [0.15, 0.2) is 42.6 Å². The Bertz CT molecular complexity index is 1340. The molecule has 0 bridgehead atoms. The highest BCUT2D eigenvalue weighted by Crippen LogP contribution is 2.33. The fourth-order valence-electron chi connectivity index (χ4n) is 5.18. The zero-order valence-electron chi connectivity index (χ0n) is 21.5. The summed E-state index contributed by atoms with van der Waals surface area (Å²) in [6, 6.07) is 9.01. The van der Waals surface area contributed by atoms with Crippen molar-refractivity contribution >= 4 is 46.9 Å². The van der Waals surface area contributed by atoms with Crippen LogP contribution in [0.4, 0.5) is 22.0 Å². The quantitative estimate of drug-likeness (QED) is 0.418. The minimum Gasteiger partial charge on any atom is -0.392 e. The molecule has 0 saturated carbocycles. The predicted octanol–water partition coefficient (Wildman–Crippen LogP) is 5.69. The summed E-state index contributed by atoms with van der Waals surface area (Å²) in [4.78, 5) is 21.2. The number of anilines is 3.